The molecule has 0 bridgehead atoms. The Balaban J connectivity index is 1.79. The molecule has 9 heteroatoms. The summed E-state index contributed by atoms with van der Waals surface area (Å²) in [5.41, 5.74) is 0.784. The van der Waals surface area contributed by atoms with Gasteiger partial charge in [0, 0.05) is 0 Å². The molecule has 1 aromatic heterocycles. The first-order valence-electron chi connectivity index (χ1n) is 9.11. The summed E-state index contributed by atoms with van der Waals surface area (Å²) in [5, 5.41) is 3.19. The van der Waals surface area contributed by atoms with Crippen LogP contribution < -0.4 is 14.8 Å². The van der Waals surface area contributed by atoms with Crippen molar-refractivity contribution in [2.45, 2.75) is 31.2 Å². The molecule has 2 N–H and O–H groups in total. The molecule has 0 radical (unpaired) electrons. The minimum absolute atomic E-state index is 0.0693. The lowest BCUT2D eigenvalue weighted by Gasteiger charge is -2.19. The fourth-order valence-corrected chi connectivity index (χ4v) is 4.89. The summed E-state index contributed by atoms with van der Waals surface area (Å²) in [5.74, 6) is 0.228. The summed E-state index contributed by atoms with van der Waals surface area (Å²) in [6.45, 7) is 3.86. The largest absolute Gasteiger partial charge is 0.497 e. The molecule has 0 spiro atoms. The van der Waals surface area contributed by atoms with E-state index in [1.54, 1.807) is 12.1 Å². The number of anilines is 1. The topological polar surface area (TPSA) is 97.4 Å². The van der Waals surface area contributed by atoms with E-state index in [4.69, 9.17) is 4.74 Å². The number of hydrogen-bond donors (Lipinski definition) is 2. The minimum Gasteiger partial charge on any atom is -0.497 e. The molecule has 0 aliphatic heterocycles. The van der Waals surface area contributed by atoms with Crippen LogP contribution in [0, 0.1) is 5.92 Å². The molecule has 0 unspecified atom stereocenters. The Kier molecular flexibility index (Phi) is 6.51. The van der Waals surface area contributed by atoms with Crippen LogP contribution in [0.15, 0.2) is 53.4 Å². The van der Waals surface area contributed by atoms with Crippen molar-refractivity contribution in [2.24, 2.45) is 5.92 Å². The third kappa shape index (κ3) is 5.31. The molecule has 2 aromatic carbocycles. The number of rotatable bonds is 8. The Labute approximate surface area is 174 Å². The fraction of sp³-hybridized carbons (Fsp3) is 0.300. The fourth-order valence-electron chi connectivity index (χ4n) is 2.81. The normalized spacial score (nSPS) is 12.8. The zero-order valence-corrected chi connectivity index (χ0v) is 18.0. The third-order valence-electron chi connectivity index (χ3n) is 4.21. The van der Waals surface area contributed by atoms with E-state index in [-0.39, 0.29) is 10.8 Å². The molecule has 1 amide bonds. The maximum atomic E-state index is 12.8. The maximum absolute atomic E-state index is 12.8. The lowest BCUT2D eigenvalue weighted by atomic mass is 10.0. The Hall–Kier alpha value is -2.49. The first-order chi connectivity index (χ1) is 13.8. The lowest BCUT2D eigenvalue weighted by Crippen LogP contribution is -2.44. The van der Waals surface area contributed by atoms with E-state index in [9.17, 15) is 13.2 Å². The van der Waals surface area contributed by atoms with Crippen LogP contribution in [-0.2, 0) is 14.8 Å². The van der Waals surface area contributed by atoms with E-state index in [1.165, 1.54) is 30.6 Å². The molecule has 0 aliphatic rings. The minimum atomic E-state index is -3.88. The van der Waals surface area contributed by atoms with Gasteiger partial charge in [-0.25, -0.2) is 13.4 Å². The highest BCUT2D eigenvalue weighted by Gasteiger charge is 2.27. The zero-order chi connectivity index (χ0) is 21.0. The summed E-state index contributed by atoms with van der Waals surface area (Å²) in [4.78, 5) is 17.3. The number of amides is 1. The quantitative estimate of drug-likeness (QED) is 0.565. The third-order valence-corrected chi connectivity index (χ3v) is 6.65. The number of nitrogens with one attached hydrogen (secondary N) is 2. The van der Waals surface area contributed by atoms with Gasteiger partial charge < -0.3 is 10.1 Å². The lowest BCUT2D eigenvalue weighted by molar-refractivity contribution is -0.118. The number of thiazole rings is 1. The second-order valence-electron chi connectivity index (χ2n) is 6.95. The first kappa shape index (κ1) is 21.2. The highest BCUT2D eigenvalue weighted by Crippen LogP contribution is 2.26. The van der Waals surface area contributed by atoms with Gasteiger partial charge in [-0.2, -0.15) is 4.72 Å². The molecule has 3 aromatic rings. The summed E-state index contributed by atoms with van der Waals surface area (Å²) >= 11 is 1.35. The van der Waals surface area contributed by atoms with Crippen LogP contribution in [0.4, 0.5) is 5.13 Å². The Morgan fingerprint density at radius 2 is 1.83 bits per heavy atom. The van der Waals surface area contributed by atoms with Gasteiger partial charge in [-0.15, -0.1) is 0 Å². The van der Waals surface area contributed by atoms with Crippen LogP contribution in [-0.4, -0.2) is 32.5 Å². The van der Waals surface area contributed by atoms with Gasteiger partial charge >= 0.3 is 0 Å². The number of para-hydroxylation sites is 1. The van der Waals surface area contributed by atoms with Gasteiger partial charge in [0.2, 0.25) is 15.9 Å². The average molecular weight is 434 g/mol. The Morgan fingerprint density at radius 3 is 2.45 bits per heavy atom. The molecule has 154 valence electrons. The predicted molar refractivity (Wildman–Crippen MR) is 115 cm³/mol. The van der Waals surface area contributed by atoms with Crippen LogP contribution in [0.5, 0.6) is 5.75 Å². The van der Waals surface area contributed by atoms with E-state index >= 15 is 0 Å². The van der Waals surface area contributed by atoms with Gasteiger partial charge in [-0.3, -0.25) is 4.79 Å². The summed E-state index contributed by atoms with van der Waals surface area (Å²) in [7, 11) is -2.37. The van der Waals surface area contributed by atoms with E-state index in [2.05, 4.69) is 15.0 Å². The molecular weight excluding hydrogens is 410 g/mol. The second-order valence-corrected chi connectivity index (χ2v) is 9.70. The van der Waals surface area contributed by atoms with E-state index in [0.717, 1.165) is 10.2 Å². The molecule has 0 saturated heterocycles. The highest BCUT2D eigenvalue weighted by molar-refractivity contribution is 7.89. The number of aromatic nitrogens is 1. The van der Waals surface area contributed by atoms with Crippen molar-refractivity contribution >= 4 is 42.6 Å². The van der Waals surface area contributed by atoms with Gasteiger partial charge in [0.1, 0.15) is 11.8 Å². The summed E-state index contributed by atoms with van der Waals surface area (Å²) in [6.07, 6.45) is 0.353. The summed E-state index contributed by atoms with van der Waals surface area (Å²) < 4.78 is 34.1. The zero-order valence-electron chi connectivity index (χ0n) is 16.4. The second kappa shape index (κ2) is 8.89. The van der Waals surface area contributed by atoms with Gasteiger partial charge in [0.15, 0.2) is 5.13 Å². The Morgan fingerprint density at radius 1 is 1.14 bits per heavy atom. The smallest absolute Gasteiger partial charge is 0.244 e. The molecule has 29 heavy (non-hydrogen) atoms. The number of carbonyl (C=O) groups is 1. The number of methoxy groups -OCH3 is 1. The Bertz CT molecular complexity index is 1060. The van der Waals surface area contributed by atoms with Crippen molar-refractivity contribution in [3.05, 3.63) is 48.5 Å². The molecule has 0 saturated carbocycles. The monoisotopic (exact) mass is 433 g/mol. The van der Waals surface area contributed by atoms with Gasteiger partial charge in [-0.1, -0.05) is 37.3 Å². The number of fused-ring (bicyclic) bond motifs is 1. The van der Waals surface area contributed by atoms with Crippen molar-refractivity contribution in [3.63, 3.8) is 0 Å². The highest BCUT2D eigenvalue weighted by atomic mass is 32.2. The number of ether oxygens (including phenoxy) is 1. The summed E-state index contributed by atoms with van der Waals surface area (Å²) in [6, 6.07) is 12.6. The molecule has 0 fully saturated rings. The van der Waals surface area contributed by atoms with Gasteiger partial charge in [0.25, 0.3) is 0 Å². The van der Waals surface area contributed by atoms with E-state index < -0.39 is 22.0 Å². The average Bonchev–Trinajstić information content (AvgIpc) is 3.09. The molecule has 7 nitrogen and oxygen atoms in total. The van der Waals surface area contributed by atoms with Crippen molar-refractivity contribution in [3.8, 4) is 5.75 Å². The van der Waals surface area contributed by atoms with Crippen molar-refractivity contribution in [1.29, 1.82) is 0 Å². The first-order valence-corrected chi connectivity index (χ1v) is 11.4. The van der Waals surface area contributed by atoms with Crippen LogP contribution in [0.3, 0.4) is 0 Å². The number of carbonyl (C=O) groups excluding carboxylic acids is 1. The molecule has 1 heterocycles. The number of hydrogen-bond acceptors (Lipinski definition) is 6. The maximum Gasteiger partial charge on any atom is 0.244 e. The number of nitrogens with zero attached hydrogens (tertiary/aromatic N) is 1. The molecule has 0 aliphatic carbocycles. The van der Waals surface area contributed by atoms with Crippen LogP contribution in [0.25, 0.3) is 10.2 Å². The molecular formula is C20H23N3O4S2. The van der Waals surface area contributed by atoms with Crippen LogP contribution in [0.1, 0.15) is 20.3 Å². The number of sulfonamides is 1. The van der Waals surface area contributed by atoms with E-state index in [1.807, 2.05) is 38.1 Å². The van der Waals surface area contributed by atoms with Crippen LogP contribution >= 0.6 is 11.3 Å². The van der Waals surface area contributed by atoms with Crippen molar-refractivity contribution < 1.29 is 17.9 Å². The predicted octanol–water partition coefficient (Wildman–Crippen LogP) is 3.64. The molecule has 1 atom stereocenters. The van der Waals surface area contributed by atoms with Gasteiger partial charge in [-0.05, 0) is 48.7 Å². The standard InChI is InChI=1S/C20H23N3O4S2/c1-13(2)12-17(23-29(25,26)15-10-8-14(27-3)9-11-15)19(24)22-20-21-16-6-4-5-7-18(16)28-20/h4-11,13,17,23H,12H2,1-3H3,(H,21,22,24)/t17-/m1/s1. The van der Waals surface area contributed by atoms with Crippen LogP contribution in [0.2, 0.25) is 0 Å². The van der Waals surface area contributed by atoms with Crippen molar-refractivity contribution in [2.75, 3.05) is 12.4 Å². The van der Waals surface area contributed by atoms with E-state index in [0.29, 0.717) is 17.3 Å². The number of benzene rings is 2. The SMILES string of the molecule is COc1ccc(S(=O)(=O)N[C@H](CC(C)C)C(=O)Nc2nc3ccccc3s2)cc1. The van der Waals surface area contributed by atoms with Crippen molar-refractivity contribution in [1.82, 2.24) is 9.71 Å². The molecule has 3 rings (SSSR count). The van der Waals surface area contributed by atoms with Gasteiger partial charge in [0.05, 0.1) is 22.2 Å².